The molecule has 2 heteroatoms. The third kappa shape index (κ3) is 3.65. The van der Waals surface area contributed by atoms with Gasteiger partial charge >= 0.3 is 0 Å². The fourth-order valence-corrected chi connectivity index (χ4v) is 1.94. The van der Waals surface area contributed by atoms with Crippen molar-refractivity contribution >= 4 is 0 Å². The number of likely N-dealkylation sites (tertiary alicyclic amines) is 1. The Morgan fingerprint density at radius 2 is 1.92 bits per heavy atom. The van der Waals surface area contributed by atoms with Crippen molar-refractivity contribution in [2.24, 2.45) is 5.92 Å². The first kappa shape index (κ1) is 11.0. The largest absolute Gasteiger partial charge is 0.396 e. The quantitative estimate of drug-likeness (QED) is 0.639. The first-order valence-corrected chi connectivity index (χ1v) is 5.59. The third-order valence-electron chi connectivity index (χ3n) is 2.99. The molecule has 0 amide bonds. The van der Waals surface area contributed by atoms with E-state index in [1.165, 1.54) is 32.4 Å². The number of hydrogen-bond acceptors (Lipinski definition) is 2. The van der Waals surface area contributed by atoms with E-state index in [1.54, 1.807) is 0 Å². The fraction of sp³-hybridized carbons (Fsp3) is 1.00. The smallest absolute Gasteiger partial charge is 0.0431 e. The summed E-state index contributed by atoms with van der Waals surface area (Å²) in [6, 6.07) is 0.730. The molecule has 13 heavy (non-hydrogen) atoms. The number of unbranched alkanes of at least 4 members (excludes halogenated alkanes) is 2. The van der Waals surface area contributed by atoms with Crippen molar-refractivity contribution in [2.75, 3.05) is 19.7 Å². The van der Waals surface area contributed by atoms with Gasteiger partial charge in [0, 0.05) is 25.7 Å². The van der Waals surface area contributed by atoms with Crippen LogP contribution in [0.15, 0.2) is 0 Å². The van der Waals surface area contributed by atoms with Crippen molar-refractivity contribution in [1.82, 2.24) is 4.90 Å². The number of aliphatic hydroxyl groups is 1. The van der Waals surface area contributed by atoms with Gasteiger partial charge in [0.1, 0.15) is 0 Å². The lowest BCUT2D eigenvalue weighted by Crippen LogP contribution is -2.49. The van der Waals surface area contributed by atoms with E-state index in [2.05, 4.69) is 18.7 Å². The summed E-state index contributed by atoms with van der Waals surface area (Å²) >= 11 is 0. The van der Waals surface area contributed by atoms with Gasteiger partial charge in [0.2, 0.25) is 0 Å². The normalized spacial score (nSPS) is 19.4. The molecular weight excluding hydrogens is 162 g/mol. The standard InChI is InChI=1S/C11H23NO/c1-10(2)12-8-11(9-12)6-4-3-5-7-13/h10-11,13H,3-9H2,1-2H3. The van der Waals surface area contributed by atoms with Gasteiger partial charge < -0.3 is 10.0 Å². The molecular formula is C11H23NO. The Bertz CT molecular complexity index is 130. The van der Waals surface area contributed by atoms with Crippen LogP contribution in [-0.4, -0.2) is 35.7 Å². The molecule has 0 aromatic rings. The molecule has 1 N–H and O–H groups in total. The second-order valence-corrected chi connectivity index (χ2v) is 4.49. The topological polar surface area (TPSA) is 23.5 Å². The molecule has 0 bridgehead atoms. The maximum atomic E-state index is 8.61. The van der Waals surface area contributed by atoms with E-state index in [0.717, 1.165) is 18.4 Å². The molecule has 1 fully saturated rings. The summed E-state index contributed by atoms with van der Waals surface area (Å²) in [7, 11) is 0. The highest BCUT2D eigenvalue weighted by molar-refractivity contribution is 4.81. The molecule has 1 aliphatic rings. The molecule has 1 aliphatic heterocycles. The average Bonchev–Trinajstić information content (AvgIpc) is 2.00. The Morgan fingerprint density at radius 3 is 2.46 bits per heavy atom. The highest BCUT2D eigenvalue weighted by Crippen LogP contribution is 2.23. The van der Waals surface area contributed by atoms with Gasteiger partial charge in [0.25, 0.3) is 0 Å². The Hall–Kier alpha value is -0.0800. The number of hydrogen-bond donors (Lipinski definition) is 1. The van der Waals surface area contributed by atoms with E-state index in [4.69, 9.17) is 5.11 Å². The molecule has 1 rings (SSSR count). The van der Waals surface area contributed by atoms with Crippen molar-refractivity contribution in [2.45, 2.75) is 45.6 Å². The van der Waals surface area contributed by atoms with E-state index >= 15 is 0 Å². The average molecular weight is 185 g/mol. The van der Waals surface area contributed by atoms with Gasteiger partial charge in [-0.15, -0.1) is 0 Å². The summed E-state index contributed by atoms with van der Waals surface area (Å²) in [5.41, 5.74) is 0. The molecule has 0 unspecified atom stereocenters. The Morgan fingerprint density at radius 1 is 1.23 bits per heavy atom. The summed E-state index contributed by atoms with van der Waals surface area (Å²) in [4.78, 5) is 2.52. The fourth-order valence-electron chi connectivity index (χ4n) is 1.94. The zero-order valence-corrected chi connectivity index (χ0v) is 9.00. The van der Waals surface area contributed by atoms with Gasteiger partial charge in [-0.05, 0) is 32.6 Å². The van der Waals surface area contributed by atoms with Crippen LogP contribution in [0, 0.1) is 5.92 Å². The summed E-state index contributed by atoms with van der Waals surface area (Å²) in [5, 5.41) is 8.61. The van der Waals surface area contributed by atoms with Crippen molar-refractivity contribution < 1.29 is 5.11 Å². The van der Waals surface area contributed by atoms with Crippen LogP contribution >= 0.6 is 0 Å². The molecule has 0 radical (unpaired) electrons. The van der Waals surface area contributed by atoms with Gasteiger partial charge in [-0.25, -0.2) is 0 Å². The lowest BCUT2D eigenvalue weighted by Gasteiger charge is -2.42. The molecule has 78 valence electrons. The lowest BCUT2D eigenvalue weighted by atomic mass is 9.92. The van der Waals surface area contributed by atoms with Gasteiger partial charge in [-0.1, -0.05) is 12.8 Å². The van der Waals surface area contributed by atoms with Crippen LogP contribution in [0.1, 0.15) is 39.5 Å². The van der Waals surface area contributed by atoms with Crippen molar-refractivity contribution in [3.8, 4) is 0 Å². The maximum absolute atomic E-state index is 8.61. The SMILES string of the molecule is CC(C)N1CC(CCCCCO)C1. The first-order valence-electron chi connectivity index (χ1n) is 5.59. The van der Waals surface area contributed by atoms with Gasteiger partial charge in [0.05, 0.1) is 0 Å². The van der Waals surface area contributed by atoms with Crippen LogP contribution in [0.5, 0.6) is 0 Å². The highest BCUT2D eigenvalue weighted by Gasteiger charge is 2.27. The summed E-state index contributed by atoms with van der Waals surface area (Å²) in [5.74, 6) is 0.945. The zero-order valence-electron chi connectivity index (χ0n) is 9.00. The molecule has 0 spiro atoms. The summed E-state index contributed by atoms with van der Waals surface area (Å²) in [6.45, 7) is 7.50. The van der Waals surface area contributed by atoms with Gasteiger partial charge in [0.15, 0.2) is 0 Å². The molecule has 1 saturated heterocycles. The van der Waals surface area contributed by atoms with Crippen molar-refractivity contribution in [3.63, 3.8) is 0 Å². The minimum Gasteiger partial charge on any atom is -0.396 e. The van der Waals surface area contributed by atoms with E-state index < -0.39 is 0 Å². The summed E-state index contributed by atoms with van der Waals surface area (Å²) in [6.07, 6.45) is 4.86. The van der Waals surface area contributed by atoms with Gasteiger partial charge in [-0.3, -0.25) is 0 Å². The Kier molecular flexibility index (Phi) is 4.74. The number of aliphatic hydroxyl groups excluding tert-OH is 1. The molecule has 1 heterocycles. The molecule has 0 aliphatic carbocycles. The Balaban J connectivity index is 1.90. The Labute approximate surface area is 81.9 Å². The van der Waals surface area contributed by atoms with E-state index in [-0.39, 0.29) is 0 Å². The minimum atomic E-state index is 0.364. The number of nitrogens with zero attached hydrogens (tertiary/aromatic N) is 1. The lowest BCUT2D eigenvalue weighted by molar-refractivity contribution is 0.0610. The minimum absolute atomic E-state index is 0.364. The molecule has 0 saturated carbocycles. The highest BCUT2D eigenvalue weighted by atomic mass is 16.2. The number of rotatable bonds is 6. The van der Waals surface area contributed by atoms with Crippen LogP contribution in [0.4, 0.5) is 0 Å². The third-order valence-corrected chi connectivity index (χ3v) is 2.99. The monoisotopic (exact) mass is 185 g/mol. The molecule has 0 atom stereocenters. The van der Waals surface area contributed by atoms with Crippen LogP contribution < -0.4 is 0 Å². The van der Waals surface area contributed by atoms with Crippen molar-refractivity contribution in [1.29, 1.82) is 0 Å². The predicted molar refractivity (Wildman–Crippen MR) is 55.8 cm³/mol. The zero-order chi connectivity index (χ0) is 9.68. The molecule has 2 nitrogen and oxygen atoms in total. The van der Waals surface area contributed by atoms with E-state index in [1.807, 2.05) is 0 Å². The van der Waals surface area contributed by atoms with Crippen LogP contribution in [-0.2, 0) is 0 Å². The molecule has 0 aromatic heterocycles. The summed E-state index contributed by atoms with van der Waals surface area (Å²) < 4.78 is 0. The first-order chi connectivity index (χ1) is 6.24. The predicted octanol–water partition coefficient (Wildman–Crippen LogP) is 1.88. The van der Waals surface area contributed by atoms with Crippen LogP contribution in [0.2, 0.25) is 0 Å². The maximum Gasteiger partial charge on any atom is 0.0431 e. The van der Waals surface area contributed by atoms with Crippen molar-refractivity contribution in [3.05, 3.63) is 0 Å². The van der Waals surface area contributed by atoms with Crippen LogP contribution in [0.25, 0.3) is 0 Å². The van der Waals surface area contributed by atoms with E-state index in [9.17, 15) is 0 Å². The second-order valence-electron chi connectivity index (χ2n) is 4.49. The van der Waals surface area contributed by atoms with Crippen LogP contribution in [0.3, 0.4) is 0 Å². The second kappa shape index (κ2) is 5.61. The van der Waals surface area contributed by atoms with Gasteiger partial charge in [-0.2, -0.15) is 0 Å². The van der Waals surface area contributed by atoms with E-state index in [0.29, 0.717) is 6.61 Å². The molecule has 0 aromatic carbocycles.